The summed E-state index contributed by atoms with van der Waals surface area (Å²) >= 11 is 0. The Balaban J connectivity index is 0.00000392. The number of sulfonamides is 1. The fourth-order valence-electron chi connectivity index (χ4n) is 2.72. The molecular formula is C17H28ClN5O4S. The highest BCUT2D eigenvalue weighted by Crippen LogP contribution is 2.17. The molecule has 28 heavy (non-hydrogen) atoms. The summed E-state index contributed by atoms with van der Waals surface area (Å²) in [6.45, 7) is 6.12. The van der Waals surface area contributed by atoms with Gasteiger partial charge < -0.3 is 16.0 Å². The zero-order chi connectivity index (χ0) is 19.9. The average Bonchev–Trinajstić information content (AvgIpc) is 2.62. The first-order valence-corrected chi connectivity index (χ1v) is 10.3. The van der Waals surface area contributed by atoms with Gasteiger partial charge in [-0.25, -0.2) is 8.42 Å². The zero-order valence-corrected chi connectivity index (χ0v) is 17.7. The normalized spacial score (nSPS) is 15.0. The van der Waals surface area contributed by atoms with Crippen LogP contribution in [-0.2, 0) is 19.6 Å². The minimum Gasteiger partial charge on any atom is -0.354 e. The van der Waals surface area contributed by atoms with Crippen molar-refractivity contribution in [1.82, 2.24) is 19.8 Å². The van der Waals surface area contributed by atoms with Gasteiger partial charge in [0.05, 0.1) is 11.4 Å². The highest BCUT2D eigenvalue weighted by atomic mass is 35.5. The summed E-state index contributed by atoms with van der Waals surface area (Å²) in [7, 11) is -2.42. The number of carbonyl (C=O) groups is 2. The molecule has 9 nitrogen and oxygen atoms in total. The van der Waals surface area contributed by atoms with E-state index in [2.05, 4.69) is 20.9 Å². The van der Waals surface area contributed by atoms with E-state index in [-0.39, 0.29) is 35.7 Å². The Kier molecular flexibility index (Phi) is 9.83. The predicted molar refractivity (Wildman–Crippen MR) is 110 cm³/mol. The number of halogens is 1. The SMILES string of the molecule is CC(=O)Nc1ccc(S(=O)(=O)N(C)CC(=O)NCCN2CCNCC2)cc1.Cl. The Hall–Kier alpha value is -1.72. The summed E-state index contributed by atoms with van der Waals surface area (Å²) in [5.41, 5.74) is 0.509. The summed E-state index contributed by atoms with van der Waals surface area (Å²) in [6.07, 6.45) is 0. The van der Waals surface area contributed by atoms with Crippen molar-refractivity contribution in [2.24, 2.45) is 0 Å². The Morgan fingerprint density at radius 2 is 1.79 bits per heavy atom. The van der Waals surface area contributed by atoms with E-state index in [1.165, 1.54) is 38.2 Å². The van der Waals surface area contributed by atoms with Gasteiger partial charge in [-0.05, 0) is 24.3 Å². The fourth-order valence-corrected chi connectivity index (χ4v) is 3.85. The van der Waals surface area contributed by atoms with E-state index in [1.54, 1.807) is 0 Å². The van der Waals surface area contributed by atoms with Crippen molar-refractivity contribution in [3.8, 4) is 0 Å². The molecule has 0 aliphatic carbocycles. The monoisotopic (exact) mass is 433 g/mol. The predicted octanol–water partition coefficient (Wildman–Crippen LogP) is -0.291. The number of carbonyl (C=O) groups excluding carboxylic acids is 2. The molecule has 2 amide bonds. The fraction of sp³-hybridized carbons (Fsp3) is 0.529. The van der Waals surface area contributed by atoms with Crippen LogP contribution in [-0.4, -0.2) is 82.3 Å². The van der Waals surface area contributed by atoms with Crippen LogP contribution in [0.4, 0.5) is 5.69 Å². The number of benzene rings is 1. The van der Waals surface area contributed by atoms with Crippen molar-refractivity contribution in [2.45, 2.75) is 11.8 Å². The molecule has 0 atom stereocenters. The molecule has 2 rings (SSSR count). The standard InChI is InChI=1S/C17H27N5O4S.ClH/c1-14(23)20-15-3-5-16(6-4-15)27(25,26)21(2)13-17(24)19-9-12-22-10-7-18-8-11-22;/h3-6,18H,7-13H2,1-2H3,(H,19,24)(H,20,23);1H. The largest absolute Gasteiger partial charge is 0.354 e. The number of likely N-dealkylation sites (N-methyl/N-ethyl adjacent to an activating group) is 1. The Morgan fingerprint density at radius 1 is 1.18 bits per heavy atom. The van der Waals surface area contributed by atoms with E-state index in [9.17, 15) is 18.0 Å². The lowest BCUT2D eigenvalue weighted by molar-refractivity contribution is -0.121. The van der Waals surface area contributed by atoms with E-state index in [1.807, 2.05) is 0 Å². The van der Waals surface area contributed by atoms with E-state index in [0.29, 0.717) is 12.2 Å². The van der Waals surface area contributed by atoms with Crippen molar-refractivity contribution in [3.63, 3.8) is 0 Å². The third-order valence-electron chi connectivity index (χ3n) is 4.21. The quantitative estimate of drug-likeness (QED) is 0.519. The second-order valence-electron chi connectivity index (χ2n) is 6.41. The van der Waals surface area contributed by atoms with E-state index in [0.717, 1.165) is 37.0 Å². The number of nitrogens with zero attached hydrogens (tertiary/aromatic N) is 2. The average molecular weight is 434 g/mol. The first-order chi connectivity index (χ1) is 12.8. The van der Waals surface area contributed by atoms with E-state index >= 15 is 0 Å². The van der Waals surface area contributed by atoms with Gasteiger partial charge in [-0.2, -0.15) is 4.31 Å². The molecule has 11 heteroatoms. The molecule has 1 saturated heterocycles. The maximum Gasteiger partial charge on any atom is 0.243 e. The Bertz CT molecular complexity index is 751. The molecule has 158 valence electrons. The molecule has 0 saturated carbocycles. The van der Waals surface area contributed by atoms with E-state index in [4.69, 9.17) is 0 Å². The molecule has 0 aromatic heterocycles. The number of amides is 2. The highest BCUT2D eigenvalue weighted by Gasteiger charge is 2.23. The maximum atomic E-state index is 12.6. The van der Waals surface area contributed by atoms with Gasteiger partial charge in [0.2, 0.25) is 21.8 Å². The lowest BCUT2D eigenvalue weighted by atomic mass is 10.3. The lowest BCUT2D eigenvalue weighted by Gasteiger charge is -2.27. The second-order valence-corrected chi connectivity index (χ2v) is 8.45. The molecule has 0 unspecified atom stereocenters. The first kappa shape index (κ1) is 24.3. The zero-order valence-electron chi connectivity index (χ0n) is 16.1. The van der Waals surface area contributed by atoms with Gasteiger partial charge in [-0.1, -0.05) is 0 Å². The molecule has 1 aliphatic rings. The van der Waals surface area contributed by atoms with Crippen molar-refractivity contribution in [2.75, 3.05) is 58.2 Å². The van der Waals surface area contributed by atoms with Gasteiger partial charge in [-0.15, -0.1) is 12.4 Å². The van der Waals surface area contributed by atoms with Crippen LogP contribution in [0, 0.1) is 0 Å². The van der Waals surface area contributed by atoms with Crippen LogP contribution in [0.25, 0.3) is 0 Å². The number of piperazine rings is 1. The Morgan fingerprint density at radius 3 is 2.36 bits per heavy atom. The topological polar surface area (TPSA) is 111 Å². The number of nitrogens with one attached hydrogen (secondary N) is 3. The smallest absolute Gasteiger partial charge is 0.243 e. The molecule has 0 bridgehead atoms. The van der Waals surface area contributed by atoms with Crippen LogP contribution in [0.1, 0.15) is 6.92 Å². The van der Waals surface area contributed by atoms with Gasteiger partial charge in [-0.3, -0.25) is 14.5 Å². The molecule has 1 aromatic carbocycles. The van der Waals surface area contributed by atoms with Crippen LogP contribution in [0.15, 0.2) is 29.2 Å². The van der Waals surface area contributed by atoms with Crippen molar-refractivity contribution < 1.29 is 18.0 Å². The molecule has 0 radical (unpaired) electrons. The number of anilines is 1. The Labute approximate surface area is 172 Å². The third kappa shape index (κ3) is 7.36. The molecular weight excluding hydrogens is 406 g/mol. The van der Waals surface area contributed by atoms with E-state index < -0.39 is 10.0 Å². The number of rotatable bonds is 8. The summed E-state index contributed by atoms with van der Waals surface area (Å²) in [6, 6.07) is 5.82. The van der Waals surface area contributed by atoms with Crippen LogP contribution in [0.3, 0.4) is 0 Å². The van der Waals surface area contributed by atoms with Crippen molar-refractivity contribution >= 4 is 39.9 Å². The van der Waals surface area contributed by atoms with Crippen LogP contribution in [0.2, 0.25) is 0 Å². The minimum atomic E-state index is -3.78. The summed E-state index contributed by atoms with van der Waals surface area (Å²) < 4.78 is 26.1. The molecule has 1 aliphatic heterocycles. The molecule has 1 aromatic rings. The highest BCUT2D eigenvalue weighted by molar-refractivity contribution is 7.89. The summed E-state index contributed by atoms with van der Waals surface area (Å²) in [5.74, 6) is -0.578. The molecule has 3 N–H and O–H groups in total. The minimum absolute atomic E-state index is 0. The van der Waals surface area contributed by atoms with Gasteiger partial charge in [0.1, 0.15) is 0 Å². The number of hydrogen-bond donors (Lipinski definition) is 3. The van der Waals surface area contributed by atoms with Crippen LogP contribution in [0.5, 0.6) is 0 Å². The van der Waals surface area contributed by atoms with Crippen LogP contribution >= 0.6 is 12.4 Å². The summed E-state index contributed by atoms with van der Waals surface area (Å²) in [5, 5.41) is 8.60. The lowest BCUT2D eigenvalue weighted by Crippen LogP contribution is -2.47. The maximum absolute atomic E-state index is 12.6. The first-order valence-electron chi connectivity index (χ1n) is 8.83. The number of hydrogen-bond acceptors (Lipinski definition) is 6. The van der Waals surface area contributed by atoms with Gasteiger partial charge >= 0.3 is 0 Å². The second kappa shape index (κ2) is 11.3. The van der Waals surface area contributed by atoms with Crippen molar-refractivity contribution in [3.05, 3.63) is 24.3 Å². The summed E-state index contributed by atoms with van der Waals surface area (Å²) in [4.78, 5) is 25.4. The third-order valence-corrected chi connectivity index (χ3v) is 6.03. The molecule has 1 fully saturated rings. The van der Waals surface area contributed by atoms with Gasteiger partial charge in [0.15, 0.2) is 0 Å². The van der Waals surface area contributed by atoms with Gasteiger partial charge in [0, 0.05) is 58.9 Å². The molecule has 0 spiro atoms. The van der Waals surface area contributed by atoms with Crippen molar-refractivity contribution in [1.29, 1.82) is 0 Å². The molecule has 1 heterocycles. The van der Waals surface area contributed by atoms with Gasteiger partial charge in [0.25, 0.3) is 0 Å². The van der Waals surface area contributed by atoms with Crippen LogP contribution < -0.4 is 16.0 Å².